The van der Waals surface area contributed by atoms with Gasteiger partial charge in [0.2, 0.25) is 0 Å². The lowest BCUT2D eigenvalue weighted by atomic mass is 9.98. The molecule has 128 valence electrons. The molecule has 0 spiro atoms. The second-order valence-corrected chi connectivity index (χ2v) is 5.25. The number of phenolic OH excluding ortho intramolecular Hbond substituents is 1. The first-order valence-corrected chi connectivity index (χ1v) is 7.10. The molecule has 1 aliphatic heterocycles. The molecule has 5 nitrogen and oxygen atoms in total. The number of hydrogen-bond donors (Lipinski definition) is 3. The van der Waals surface area contributed by atoms with E-state index in [1.807, 2.05) is 5.32 Å². The first-order valence-electron chi connectivity index (χ1n) is 7.10. The summed E-state index contributed by atoms with van der Waals surface area (Å²) < 4.78 is 39.7. The van der Waals surface area contributed by atoms with Crippen LogP contribution < -0.4 is 10.6 Å². The van der Waals surface area contributed by atoms with Crippen LogP contribution in [0.5, 0.6) is 5.75 Å². The van der Waals surface area contributed by atoms with Crippen molar-refractivity contribution in [2.75, 3.05) is 5.32 Å². The first kappa shape index (κ1) is 16.6. The van der Waals surface area contributed by atoms with E-state index in [1.165, 1.54) is 36.4 Å². The Labute approximate surface area is 139 Å². The molecule has 0 atom stereocenters. The molecule has 2 aromatic rings. The van der Waals surface area contributed by atoms with Crippen molar-refractivity contribution in [2.24, 2.45) is 0 Å². The van der Waals surface area contributed by atoms with Crippen molar-refractivity contribution in [1.82, 2.24) is 5.32 Å². The maximum atomic E-state index is 13.2. The minimum Gasteiger partial charge on any atom is -0.508 e. The summed E-state index contributed by atoms with van der Waals surface area (Å²) in [4.78, 5) is 24.1. The molecule has 3 rings (SSSR count). The van der Waals surface area contributed by atoms with Crippen LogP contribution in [0.25, 0.3) is 5.57 Å². The highest BCUT2D eigenvalue weighted by Gasteiger charge is 2.39. The minimum atomic E-state index is -4.69. The quantitative estimate of drug-likeness (QED) is 0.746. The molecule has 1 heterocycles. The van der Waals surface area contributed by atoms with Gasteiger partial charge in [0.15, 0.2) is 0 Å². The van der Waals surface area contributed by atoms with Crippen molar-refractivity contribution in [3.8, 4) is 5.75 Å². The highest BCUT2D eigenvalue weighted by molar-refractivity contribution is 6.37. The van der Waals surface area contributed by atoms with Crippen molar-refractivity contribution < 1.29 is 27.9 Å². The lowest BCUT2D eigenvalue weighted by molar-refractivity contribution is -0.137. The van der Waals surface area contributed by atoms with E-state index in [0.29, 0.717) is 0 Å². The van der Waals surface area contributed by atoms with Gasteiger partial charge in [0.05, 0.1) is 11.1 Å². The van der Waals surface area contributed by atoms with E-state index in [4.69, 9.17) is 0 Å². The number of hydrogen-bond acceptors (Lipinski definition) is 4. The van der Waals surface area contributed by atoms with Gasteiger partial charge >= 0.3 is 6.18 Å². The molecule has 0 aliphatic carbocycles. The van der Waals surface area contributed by atoms with Crippen LogP contribution in [-0.4, -0.2) is 16.9 Å². The third-order valence-electron chi connectivity index (χ3n) is 3.55. The van der Waals surface area contributed by atoms with Gasteiger partial charge in [0, 0.05) is 17.3 Å². The van der Waals surface area contributed by atoms with E-state index in [1.54, 1.807) is 0 Å². The van der Waals surface area contributed by atoms with E-state index in [0.717, 1.165) is 12.1 Å². The van der Waals surface area contributed by atoms with Gasteiger partial charge in [0.1, 0.15) is 11.4 Å². The van der Waals surface area contributed by atoms with Crippen LogP contribution in [0.2, 0.25) is 0 Å². The van der Waals surface area contributed by atoms with E-state index in [2.05, 4.69) is 5.32 Å². The molecule has 0 radical (unpaired) electrons. The summed E-state index contributed by atoms with van der Waals surface area (Å²) in [7, 11) is 0. The number of imide groups is 1. The Kier molecular flexibility index (Phi) is 3.96. The zero-order valence-corrected chi connectivity index (χ0v) is 12.5. The van der Waals surface area contributed by atoms with Crippen LogP contribution in [0.4, 0.5) is 18.9 Å². The second kappa shape index (κ2) is 5.97. The Morgan fingerprint density at radius 1 is 0.960 bits per heavy atom. The second-order valence-electron chi connectivity index (χ2n) is 5.25. The summed E-state index contributed by atoms with van der Waals surface area (Å²) in [6.07, 6.45) is -4.69. The van der Waals surface area contributed by atoms with Gasteiger partial charge in [-0.15, -0.1) is 0 Å². The molecule has 2 aromatic carbocycles. The molecule has 0 saturated heterocycles. The summed E-state index contributed by atoms with van der Waals surface area (Å²) in [5.41, 5.74) is -1.89. The van der Waals surface area contributed by atoms with Crippen LogP contribution in [-0.2, 0) is 15.8 Å². The lowest BCUT2D eigenvalue weighted by Gasteiger charge is -2.14. The number of carbonyl (C=O) groups is 2. The maximum absolute atomic E-state index is 13.2. The SMILES string of the molecule is O=C1NC(=O)C(c2ccccc2C(F)(F)F)=C1Nc1cccc(O)c1. The van der Waals surface area contributed by atoms with Crippen LogP contribution in [0.1, 0.15) is 11.1 Å². The Morgan fingerprint density at radius 2 is 1.68 bits per heavy atom. The number of halogens is 3. The van der Waals surface area contributed by atoms with Gasteiger partial charge in [-0.2, -0.15) is 13.2 Å². The standard InChI is InChI=1S/C17H11F3N2O3/c18-17(19,20)12-7-2-1-6-11(12)13-14(16(25)22-15(13)24)21-9-4-3-5-10(23)8-9/h1-8,23H,(H2,21,22,24,25). The molecular formula is C17H11F3N2O3. The molecule has 1 aliphatic rings. The molecule has 2 amide bonds. The van der Waals surface area contributed by atoms with Gasteiger partial charge in [-0.3, -0.25) is 14.9 Å². The van der Waals surface area contributed by atoms with E-state index in [9.17, 15) is 27.9 Å². The number of phenols is 1. The average Bonchev–Trinajstić information content (AvgIpc) is 2.80. The molecule has 25 heavy (non-hydrogen) atoms. The van der Waals surface area contributed by atoms with Crippen molar-refractivity contribution in [2.45, 2.75) is 6.18 Å². The predicted octanol–water partition coefficient (Wildman–Crippen LogP) is 2.89. The van der Waals surface area contributed by atoms with Gasteiger partial charge in [-0.1, -0.05) is 24.3 Å². The predicted molar refractivity (Wildman–Crippen MR) is 83.2 cm³/mol. The molecule has 0 saturated carbocycles. The normalized spacial score (nSPS) is 14.7. The van der Waals surface area contributed by atoms with Crippen molar-refractivity contribution >= 4 is 23.1 Å². The van der Waals surface area contributed by atoms with Crippen molar-refractivity contribution in [1.29, 1.82) is 0 Å². The van der Waals surface area contributed by atoms with E-state index in [-0.39, 0.29) is 17.1 Å². The number of amides is 2. The van der Waals surface area contributed by atoms with Crippen LogP contribution in [0.3, 0.4) is 0 Å². The zero-order valence-electron chi connectivity index (χ0n) is 12.5. The smallest absolute Gasteiger partial charge is 0.417 e. The number of nitrogens with one attached hydrogen (secondary N) is 2. The molecule has 0 fully saturated rings. The minimum absolute atomic E-state index is 0.104. The van der Waals surface area contributed by atoms with Crippen LogP contribution >= 0.6 is 0 Å². The lowest BCUT2D eigenvalue weighted by Crippen LogP contribution is -2.24. The number of anilines is 1. The van der Waals surface area contributed by atoms with Crippen molar-refractivity contribution in [3.63, 3.8) is 0 Å². The molecule has 0 aromatic heterocycles. The van der Waals surface area contributed by atoms with Gasteiger partial charge < -0.3 is 10.4 Å². The largest absolute Gasteiger partial charge is 0.508 e. The molecule has 3 N–H and O–H groups in total. The fraction of sp³-hybridized carbons (Fsp3) is 0.0588. The monoisotopic (exact) mass is 348 g/mol. The highest BCUT2D eigenvalue weighted by atomic mass is 19.4. The first-order chi connectivity index (χ1) is 11.8. The zero-order chi connectivity index (χ0) is 18.2. The molecule has 8 heteroatoms. The summed E-state index contributed by atoms with van der Waals surface area (Å²) in [5, 5.41) is 14.1. The van der Waals surface area contributed by atoms with E-state index < -0.39 is 34.7 Å². The summed E-state index contributed by atoms with van der Waals surface area (Å²) in [6.45, 7) is 0. The number of aromatic hydroxyl groups is 1. The Balaban J connectivity index is 2.15. The number of rotatable bonds is 3. The number of carbonyl (C=O) groups excluding carboxylic acids is 2. The number of benzene rings is 2. The Morgan fingerprint density at radius 3 is 2.36 bits per heavy atom. The van der Waals surface area contributed by atoms with Gasteiger partial charge in [-0.25, -0.2) is 0 Å². The highest BCUT2D eigenvalue weighted by Crippen LogP contribution is 2.37. The fourth-order valence-corrected chi connectivity index (χ4v) is 2.51. The number of alkyl halides is 3. The summed E-state index contributed by atoms with van der Waals surface area (Å²) in [6, 6.07) is 10.1. The summed E-state index contributed by atoms with van der Waals surface area (Å²) in [5.74, 6) is -1.88. The Hall–Kier alpha value is -3.29. The van der Waals surface area contributed by atoms with Crippen LogP contribution in [0.15, 0.2) is 54.2 Å². The van der Waals surface area contributed by atoms with Gasteiger partial charge in [-0.05, 0) is 18.2 Å². The van der Waals surface area contributed by atoms with Crippen LogP contribution in [0, 0.1) is 0 Å². The van der Waals surface area contributed by atoms with Gasteiger partial charge in [0.25, 0.3) is 11.8 Å². The topological polar surface area (TPSA) is 78.4 Å². The third-order valence-corrected chi connectivity index (χ3v) is 3.55. The third kappa shape index (κ3) is 3.18. The molecule has 0 unspecified atom stereocenters. The Bertz CT molecular complexity index is 904. The average molecular weight is 348 g/mol. The molecular weight excluding hydrogens is 337 g/mol. The summed E-state index contributed by atoms with van der Waals surface area (Å²) >= 11 is 0. The maximum Gasteiger partial charge on any atom is 0.417 e. The van der Waals surface area contributed by atoms with E-state index >= 15 is 0 Å². The van der Waals surface area contributed by atoms with Crippen molar-refractivity contribution in [3.05, 3.63) is 65.4 Å². The molecule has 0 bridgehead atoms. The fourth-order valence-electron chi connectivity index (χ4n) is 2.51.